The van der Waals surface area contributed by atoms with Gasteiger partial charge in [0.2, 0.25) is 5.89 Å². The first-order valence-corrected chi connectivity index (χ1v) is 5.59. The number of halogens is 1. The summed E-state index contributed by atoms with van der Waals surface area (Å²) in [5.74, 6) is 0.693. The number of oxazole rings is 1. The average Bonchev–Trinajstić information content (AvgIpc) is 2.61. The van der Waals surface area contributed by atoms with Gasteiger partial charge in [-0.05, 0) is 32.0 Å². The van der Waals surface area contributed by atoms with E-state index in [0.29, 0.717) is 12.4 Å². The summed E-state index contributed by atoms with van der Waals surface area (Å²) >= 11 is 3.40. The SMILES string of the molecule is CC(C)(CN)c1nc2cc(Br)ccc2o1. The lowest BCUT2D eigenvalue weighted by atomic mass is 9.94. The minimum absolute atomic E-state index is 0.217. The van der Waals surface area contributed by atoms with Crippen molar-refractivity contribution in [2.45, 2.75) is 19.3 Å². The standard InChI is InChI=1S/C11H13BrN2O/c1-11(2,6-13)10-14-8-5-7(12)3-4-9(8)15-10/h3-5H,6,13H2,1-2H3. The molecule has 0 spiro atoms. The minimum atomic E-state index is -0.217. The van der Waals surface area contributed by atoms with Crippen molar-refractivity contribution < 1.29 is 4.42 Å². The van der Waals surface area contributed by atoms with Crippen LogP contribution in [0.1, 0.15) is 19.7 Å². The lowest BCUT2D eigenvalue weighted by Gasteiger charge is -2.16. The number of nitrogens with two attached hydrogens (primary N) is 1. The van der Waals surface area contributed by atoms with E-state index in [4.69, 9.17) is 10.2 Å². The predicted octanol–water partition coefficient (Wildman–Crippen LogP) is 2.83. The maximum Gasteiger partial charge on any atom is 0.202 e. The molecule has 1 aromatic heterocycles. The van der Waals surface area contributed by atoms with E-state index in [9.17, 15) is 0 Å². The average molecular weight is 269 g/mol. The largest absolute Gasteiger partial charge is 0.440 e. The molecule has 0 saturated heterocycles. The van der Waals surface area contributed by atoms with E-state index in [-0.39, 0.29) is 5.41 Å². The second kappa shape index (κ2) is 3.61. The van der Waals surface area contributed by atoms with Crippen LogP contribution in [-0.4, -0.2) is 11.5 Å². The summed E-state index contributed by atoms with van der Waals surface area (Å²) in [7, 11) is 0. The molecule has 0 saturated carbocycles. The summed E-state index contributed by atoms with van der Waals surface area (Å²) in [6.45, 7) is 4.56. The van der Waals surface area contributed by atoms with Crippen molar-refractivity contribution in [1.82, 2.24) is 4.98 Å². The highest BCUT2D eigenvalue weighted by molar-refractivity contribution is 9.10. The zero-order valence-electron chi connectivity index (χ0n) is 8.75. The van der Waals surface area contributed by atoms with Gasteiger partial charge in [0.1, 0.15) is 5.52 Å². The topological polar surface area (TPSA) is 52.0 Å². The monoisotopic (exact) mass is 268 g/mol. The molecule has 0 amide bonds. The molecule has 2 N–H and O–H groups in total. The summed E-state index contributed by atoms with van der Waals surface area (Å²) in [5.41, 5.74) is 7.13. The van der Waals surface area contributed by atoms with Crippen LogP contribution < -0.4 is 5.73 Å². The van der Waals surface area contributed by atoms with Gasteiger partial charge in [-0.25, -0.2) is 4.98 Å². The van der Waals surface area contributed by atoms with Gasteiger partial charge in [0.25, 0.3) is 0 Å². The first-order valence-electron chi connectivity index (χ1n) is 4.79. The fraction of sp³-hybridized carbons (Fsp3) is 0.364. The summed E-state index contributed by atoms with van der Waals surface area (Å²) in [6.07, 6.45) is 0. The van der Waals surface area contributed by atoms with Crippen LogP contribution in [0.2, 0.25) is 0 Å². The quantitative estimate of drug-likeness (QED) is 0.912. The van der Waals surface area contributed by atoms with Gasteiger partial charge >= 0.3 is 0 Å². The summed E-state index contributed by atoms with van der Waals surface area (Å²) in [4.78, 5) is 4.44. The molecule has 0 aliphatic heterocycles. The van der Waals surface area contributed by atoms with Crippen molar-refractivity contribution in [3.63, 3.8) is 0 Å². The third-order valence-corrected chi connectivity index (χ3v) is 2.93. The van der Waals surface area contributed by atoms with Crippen LogP contribution in [0.25, 0.3) is 11.1 Å². The van der Waals surface area contributed by atoms with Crippen molar-refractivity contribution in [3.05, 3.63) is 28.6 Å². The van der Waals surface area contributed by atoms with Gasteiger partial charge in [-0.1, -0.05) is 15.9 Å². The molecule has 0 bridgehead atoms. The van der Waals surface area contributed by atoms with Crippen molar-refractivity contribution >= 4 is 27.0 Å². The molecule has 15 heavy (non-hydrogen) atoms. The number of hydrogen-bond donors (Lipinski definition) is 1. The zero-order valence-corrected chi connectivity index (χ0v) is 10.3. The summed E-state index contributed by atoms with van der Waals surface area (Å²) in [5, 5.41) is 0. The maximum absolute atomic E-state index is 5.68. The Bertz CT molecular complexity index is 490. The highest BCUT2D eigenvalue weighted by atomic mass is 79.9. The smallest absolute Gasteiger partial charge is 0.202 e. The van der Waals surface area contributed by atoms with E-state index in [1.54, 1.807) is 0 Å². The molecule has 0 aliphatic rings. The molecule has 0 aliphatic carbocycles. The molecule has 4 heteroatoms. The van der Waals surface area contributed by atoms with Gasteiger partial charge in [-0.3, -0.25) is 0 Å². The maximum atomic E-state index is 5.68. The Labute approximate surface area is 96.8 Å². The molecule has 0 atom stereocenters. The van der Waals surface area contributed by atoms with E-state index >= 15 is 0 Å². The fourth-order valence-corrected chi connectivity index (χ4v) is 1.63. The van der Waals surface area contributed by atoms with Crippen LogP contribution in [0.3, 0.4) is 0 Å². The number of benzene rings is 1. The van der Waals surface area contributed by atoms with E-state index in [1.807, 2.05) is 32.0 Å². The van der Waals surface area contributed by atoms with Gasteiger partial charge < -0.3 is 10.2 Å². The molecule has 1 heterocycles. The predicted molar refractivity (Wildman–Crippen MR) is 63.8 cm³/mol. The van der Waals surface area contributed by atoms with Gasteiger partial charge in [-0.2, -0.15) is 0 Å². The molecule has 0 fully saturated rings. The van der Waals surface area contributed by atoms with Gasteiger partial charge in [-0.15, -0.1) is 0 Å². The first-order chi connectivity index (χ1) is 7.03. The molecule has 1 aromatic carbocycles. The van der Waals surface area contributed by atoms with E-state index < -0.39 is 0 Å². The molecule has 2 aromatic rings. The van der Waals surface area contributed by atoms with Crippen LogP contribution >= 0.6 is 15.9 Å². The zero-order chi connectivity index (χ0) is 11.1. The first kappa shape index (κ1) is 10.6. The molecule has 2 rings (SSSR count). The van der Waals surface area contributed by atoms with E-state index in [2.05, 4.69) is 20.9 Å². The number of nitrogens with zero attached hydrogens (tertiary/aromatic N) is 1. The Balaban J connectivity index is 2.56. The number of rotatable bonds is 2. The van der Waals surface area contributed by atoms with Gasteiger partial charge in [0.15, 0.2) is 5.58 Å². The van der Waals surface area contributed by atoms with Crippen molar-refractivity contribution in [2.24, 2.45) is 5.73 Å². The van der Waals surface area contributed by atoms with Crippen LogP contribution in [0, 0.1) is 0 Å². The Morgan fingerprint density at radius 3 is 2.87 bits per heavy atom. The normalized spacial score (nSPS) is 12.3. The van der Waals surface area contributed by atoms with E-state index in [0.717, 1.165) is 15.6 Å². The molecule has 0 unspecified atom stereocenters. The van der Waals surface area contributed by atoms with Crippen LogP contribution in [0.5, 0.6) is 0 Å². The lowest BCUT2D eigenvalue weighted by molar-refractivity contribution is 0.391. The Morgan fingerprint density at radius 1 is 1.47 bits per heavy atom. The third-order valence-electron chi connectivity index (χ3n) is 2.44. The number of fused-ring (bicyclic) bond motifs is 1. The number of aromatic nitrogens is 1. The molecule has 3 nitrogen and oxygen atoms in total. The fourth-order valence-electron chi connectivity index (χ4n) is 1.28. The summed E-state index contributed by atoms with van der Waals surface area (Å²) in [6, 6.07) is 5.78. The van der Waals surface area contributed by atoms with Crippen molar-refractivity contribution in [3.8, 4) is 0 Å². The van der Waals surface area contributed by atoms with Crippen molar-refractivity contribution in [2.75, 3.05) is 6.54 Å². The second-order valence-electron chi connectivity index (χ2n) is 4.22. The van der Waals surface area contributed by atoms with Crippen molar-refractivity contribution in [1.29, 1.82) is 0 Å². The third kappa shape index (κ3) is 1.92. The molecular formula is C11H13BrN2O. The van der Waals surface area contributed by atoms with Gasteiger partial charge in [0.05, 0.1) is 5.41 Å². The Kier molecular flexibility index (Phi) is 2.56. The number of hydrogen-bond acceptors (Lipinski definition) is 3. The van der Waals surface area contributed by atoms with Crippen LogP contribution in [0.15, 0.2) is 27.1 Å². The molecular weight excluding hydrogens is 256 g/mol. The molecule has 0 radical (unpaired) electrons. The lowest BCUT2D eigenvalue weighted by Crippen LogP contribution is -2.28. The molecule has 80 valence electrons. The summed E-state index contributed by atoms with van der Waals surface area (Å²) < 4.78 is 6.67. The Hall–Kier alpha value is -0.870. The second-order valence-corrected chi connectivity index (χ2v) is 5.13. The van der Waals surface area contributed by atoms with E-state index in [1.165, 1.54) is 0 Å². The Morgan fingerprint density at radius 2 is 2.20 bits per heavy atom. The highest BCUT2D eigenvalue weighted by Crippen LogP contribution is 2.27. The minimum Gasteiger partial charge on any atom is -0.440 e. The highest BCUT2D eigenvalue weighted by Gasteiger charge is 2.24. The van der Waals surface area contributed by atoms with Gasteiger partial charge in [0, 0.05) is 11.0 Å². The van der Waals surface area contributed by atoms with Crippen LogP contribution in [-0.2, 0) is 5.41 Å². The van der Waals surface area contributed by atoms with Crippen LogP contribution in [0.4, 0.5) is 0 Å².